The average Bonchev–Trinajstić information content (AvgIpc) is 3.06. The Balaban J connectivity index is 1.50. The van der Waals surface area contributed by atoms with Crippen LogP contribution in [0.25, 0.3) is 0 Å². The molecule has 3 heterocycles. The van der Waals surface area contributed by atoms with Gasteiger partial charge < -0.3 is 20.2 Å². The first-order chi connectivity index (χ1) is 15.9. The Morgan fingerprint density at radius 1 is 1.00 bits per heavy atom. The molecule has 0 unspecified atom stereocenters. The number of pyridine rings is 1. The van der Waals surface area contributed by atoms with E-state index in [0.717, 1.165) is 13.0 Å². The standard InChI is InChI=1S/C22H20ClFN6O3/c23-18-6-7-19(28-27-18)29-8-1-9-30(11-10-29)20-17(22(32)33)12-16(13-25-20)26-21(31)14-2-4-15(24)5-3-14/h2-7,12-13H,1,8-11H2,(H,26,31)(H,32,33). The molecule has 0 aliphatic carbocycles. The van der Waals surface area contributed by atoms with Gasteiger partial charge >= 0.3 is 5.97 Å². The van der Waals surface area contributed by atoms with Crippen LogP contribution in [0.2, 0.25) is 5.15 Å². The maximum atomic E-state index is 13.1. The zero-order valence-corrected chi connectivity index (χ0v) is 18.2. The number of benzene rings is 1. The van der Waals surface area contributed by atoms with E-state index >= 15 is 0 Å². The van der Waals surface area contributed by atoms with Crippen molar-refractivity contribution in [1.82, 2.24) is 15.2 Å². The van der Waals surface area contributed by atoms with Gasteiger partial charge in [0.1, 0.15) is 17.2 Å². The van der Waals surface area contributed by atoms with Crippen LogP contribution in [-0.4, -0.2) is 58.3 Å². The van der Waals surface area contributed by atoms with Crippen molar-refractivity contribution in [3.8, 4) is 0 Å². The monoisotopic (exact) mass is 470 g/mol. The molecular formula is C22H20ClFN6O3. The quantitative estimate of drug-likeness (QED) is 0.584. The highest BCUT2D eigenvalue weighted by molar-refractivity contribution is 6.29. The number of carboxylic acids is 1. The highest BCUT2D eigenvalue weighted by atomic mass is 35.5. The predicted octanol–water partition coefficient (Wildman–Crippen LogP) is 3.33. The SMILES string of the molecule is O=C(Nc1cnc(N2CCCN(c3ccc(Cl)nn3)CC2)c(C(=O)O)c1)c1ccc(F)cc1. The van der Waals surface area contributed by atoms with Crippen LogP contribution >= 0.6 is 11.6 Å². The van der Waals surface area contributed by atoms with Gasteiger partial charge in [-0.25, -0.2) is 14.2 Å². The molecule has 33 heavy (non-hydrogen) atoms. The maximum Gasteiger partial charge on any atom is 0.339 e. The van der Waals surface area contributed by atoms with Crippen LogP contribution < -0.4 is 15.1 Å². The minimum Gasteiger partial charge on any atom is -0.478 e. The predicted molar refractivity (Wildman–Crippen MR) is 122 cm³/mol. The van der Waals surface area contributed by atoms with Crippen molar-refractivity contribution < 1.29 is 19.1 Å². The lowest BCUT2D eigenvalue weighted by Crippen LogP contribution is -2.32. The number of rotatable bonds is 5. The molecule has 1 aliphatic rings. The van der Waals surface area contributed by atoms with E-state index in [1.807, 2.05) is 4.90 Å². The van der Waals surface area contributed by atoms with E-state index < -0.39 is 17.7 Å². The van der Waals surface area contributed by atoms with E-state index in [1.165, 1.54) is 36.5 Å². The molecule has 0 spiro atoms. The first kappa shape index (κ1) is 22.4. The van der Waals surface area contributed by atoms with Crippen LogP contribution in [0.4, 0.5) is 21.7 Å². The van der Waals surface area contributed by atoms with Gasteiger partial charge in [0, 0.05) is 31.7 Å². The van der Waals surface area contributed by atoms with E-state index in [2.05, 4.69) is 25.4 Å². The Labute approximate surface area is 193 Å². The molecule has 170 valence electrons. The van der Waals surface area contributed by atoms with Crippen molar-refractivity contribution in [3.05, 3.63) is 70.8 Å². The van der Waals surface area contributed by atoms with E-state index in [-0.39, 0.29) is 16.8 Å². The van der Waals surface area contributed by atoms with Crippen LogP contribution in [0.1, 0.15) is 27.1 Å². The van der Waals surface area contributed by atoms with Crippen LogP contribution in [0.3, 0.4) is 0 Å². The van der Waals surface area contributed by atoms with E-state index in [0.29, 0.717) is 36.4 Å². The third-order valence-corrected chi connectivity index (χ3v) is 5.40. The minimum atomic E-state index is -1.15. The minimum absolute atomic E-state index is 0.0216. The van der Waals surface area contributed by atoms with Crippen molar-refractivity contribution in [2.45, 2.75) is 6.42 Å². The molecule has 0 saturated carbocycles. The summed E-state index contributed by atoms with van der Waals surface area (Å²) in [5.74, 6) is -1.07. The van der Waals surface area contributed by atoms with Gasteiger partial charge in [0.2, 0.25) is 0 Å². The summed E-state index contributed by atoms with van der Waals surface area (Å²) >= 11 is 5.81. The van der Waals surface area contributed by atoms with Crippen molar-refractivity contribution in [2.24, 2.45) is 0 Å². The van der Waals surface area contributed by atoms with Crippen molar-refractivity contribution in [2.75, 3.05) is 41.3 Å². The molecular weight excluding hydrogens is 451 g/mol. The van der Waals surface area contributed by atoms with Gasteiger partial charge in [-0.2, -0.15) is 0 Å². The summed E-state index contributed by atoms with van der Waals surface area (Å²) < 4.78 is 13.1. The summed E-state index contributed by atoms with van der Waals surface area (Å²) in [7, 11) is 0. The number of aromatic carboxylic acids is 1. The first-order valence-electron chi connectivity index (χ1n) is 10.2. The molecule has 1 saturated heterocycles. The summed E-state index contributed by atoms with van der Waals surface area (Å²) in [6.07, 6.45) is 2.17. The van der Waals surface area contributed by atoms with E-state index in [4.69, 9.17) is 11.6 Å². The molecule has 1 aromatic carbocycles. The van der Waals surface area contributed by atoms with E-state index in [1.54, 1.807) is 12.1 Å². The smallest absolute Gasteiger partial charge is 0.339 e. The molecule has 1 aliphatic heterocycles. The lowest BCUT2D eigenvalue weighted by molar-refractivity contribution is 0.0696. The lowest BCUT2D eigenvalue weighted by Gasteiger charge is -2.24. The number of nitrogens with zero attached hydrogens (tertiary/aromatic N) is 5. The molecule has 3 aromatic rings. The van der Waals surface area contributed by atoms with Crippen LogP contribution in [0, 0.1) is 5.82 Å². The van der Waals surface area contributed by atoms with Gasteiger partial charge in [0.05, 0.1) is 11.9 Å². The number of carbonyl (C=O) groups is 2. The number of anilines is 3. The van der Waals surface area contributed by atoms with Gasteiger partial charge in [-0.15, -0.1) is 10.2 Å². The fourth-order valence-electron chi connectivity index (χ4n) is 3.58. The second kappa shape index (κ2) is 9.78. The van der Waals surface area contributed by atoms with Crippen LogP contribution in [-0.2, 0) is 0 Å². The third-order valence-electron chi connectivity index (χ3n) is 5.20. The molecule has 9 nitrogen and oxygen atoms in total. The number of hydrogen-bond acceptors (Lipinski definition) is 7. The van der Waals surface area contributed by atoms with Crippen molar-refractivity contribution in [3.63, 3.8) is 0 Å². The highest BCUT2D eigenvalue weighted by Gasteiger charge is 2.23. The molecule has 1 fully saturated rings. The first-order valence-corrected chi connectivity index (χ1v) is 10.6. The van der Waals surface area contributed by atoms with Crippen molar-refractivity contribution >= 4 is 40.8 Å². The van der Waals surface area contributed by atoms with Crippen LogP contribution in [0.15, 0.2) is 48.7 Å². The Morgan fingerprint density at radius 3 is 2.42 bits per heavy atom. The second-order valence-electron chi connectivity index (χ2n) is 7.40. The summed E-state index contributed by atoms with van der Waals surface area (Å²) in [4.78, 5) is 32.6. The third kappa shape index (κ3) is 5.35. The molecule has 2 N–H and O–H groups in total. The van der Waals surface area contributed by atoms with E-state index in [9.17, 15) is 19.1 Å². The Kier molecular flexibility index (Phi) is 6.64. The molecule has 4 rings (SSSR count). The number of amides is 1. The molecule has 11 heteroatoms. The lowest BCUT2D eigenvalue weighted by atomic mass is 10.2. The average molecular weight is 471 g/mol. The highest BCUT2D eigenvalue weighted by Crippen LogP contribution is 2.24. The van der Waals surface area contributed by atoms with Crippen molar-refractivity contribution in [1.29, 1.82) is 0 Å². The topological polar surface area (TPSA) is 112 Å². The van der Waals surface area contributed by atoms with Gasteiger partial charge in [-0.05, 0) is 48.9 Å². The number of halogens is 2. The number of aromatic nitrogens is 3. The maximum absolute atomic E-state index is 13.1. The number of hydrogen-bond donors (Lipinski definition) is 2. The summed E-state index contributed by atoms with van der Waals surface area (Å²) in [6, 6.07) is 9.89. The molecule has 0 bridgehead atoms. The fraction of sp³-hybridized carbons (Fsp3) is 0.227. The van der Waals surface area contributed by atoms with Gasteiger partial charge in [-0.3, -0.25) is 4.79 Å². The summed E-state index contributed by atoms with van der Waals surface area (Å²) in [5.41, 5.74) is 0.459. The normalized spacial score (nSPS) is 14.0. The zero-order chi connectivity index (χ0) is 23.4. The number of carboxylic acid groups (broad SMARTS) is 1. The van der Waals surface area contributed by atoms with Gasteiger partial charge in [-0.1, -0.05) is 11.6 Å². The summed E-state index contributed by atoms with van der Waals surface area (Å²) in [6.45, 7) is 2.45. The molecule has 0 radical (unpaired) electrons. The van der Waals surface area contributed by atoms with Gasteiger partial charge in [0.25, 0.3) is 5.91 Å². The molecule has 2 aromatic heterocycles. The van der Waals surface area contributed by atoms with Crippen LogP contribution in [0.5, 0.6) is 0 Å². The Hall–Kier alpha value is -3.79. The number of carbonyl (C=O) groups excluding carboxylic acids is 1. The fourth-order valence-corrected chi connectivity index (χ4v) is 3.68. The Morgan fingerprint density at radius 2 is 1.73 bits per heavy atom. The summed E-state index contributed by atoms with van der Waals surface area (Å²) in [5, 5.41) is 20.7. The molecule has 0 atom stereocenters. The molecule has 1 amide bonds. The Bertz CT molecular complexity index is 1160. The largest absolute Gasteiger partial charge is 0.478 e. The second-order valence-corrected chi connectivity index (χ2v) is 7.79. The zero-order valence-electron chi connectivity index (χ0n) is 17.4. The number of nitrogens with one attached hydrogen (secondary N) is 1. The van der Waals surface area contributed by atoms with Gasteiger partial charge in [0.15, 0.2) is 11.0 Å².